The number of piperazine rings is 1. The van der Waals surface area contributed by atoms with E-state index in [1.807, 2.05) is 26.0 Å². The molecular formula is C20H30N2O3. The lowest BCUT2D eigenvalue weighted by molar-refractivity contribution is -0.0473. The Bertz CT molecular complexity index is 561. The van der Waals surface area contributed by atoms with Crippen molar-refractivity contribution < 1.29 is 14.6 Å². The van der Waals surface area contributed by atoms with Gasteiger partial charge in [-0.05, 0) is 37.6 Å². The summed E-state index contributed by atoms with van der Waals surface area (Å²) < 4.78 is 10.9. The van der Waals surface area contributed by atoms with E-state index in [0.717, 1.165) is 38.3 Å². The van der Waals surface area contributed by atoms with Crippen molar-refractivity contribution in [3.8, 4) is 18.1 Å². The number of hydrogen-bond donors (Lipinski definition) is 1. The average molecular weight is 346 g/mol. The summed E-state index contributed by atoms with van der Waals surface area (Å²) in [5.74, 6) is 3.53. The normalized spacial score (nSPS) is 19.1. The van der Waals surface area contributed by atoms with Gasteiger partial charge in [-0.3, -0.25) is 4.90 Å². The summed E-state index contributed by atoms with van der Waals surface area (Å²) in [6, 6.07) is 8.14. The summed E-state index contributed by atoms with van der Waals surface area (Å²) in [7, 11) is 1.68. The number of methoxy groups -OCH3 is 1. The van der Waals surface area contributed by atoms with Crippen molar-refractivity contribution in [2.75, 3.05) is 51.3 Å². The summed E-state index contributed by atoms with van der Waals surface area (Å²) in [4.78, 5) is 4.62. The van der Waals surface area contributed by atoms with E-state index in [1.165, 1.54) is 5.69 Å². The number of aliphatic hydroxyl groups is 1. The molecule has 5 nitrogen and oxygen atoms in total. The van der Waals surface area contributed by atoms with Crippen LogP contribution in [-0.4, -0.2) is 68.2 Å². The predicted molar refractivity (Wildman–Crippen MR) is 101 cm³/mol. The minimum Gasteiger partial charge on any atom is -0.497 e. The zero-order valence-corrected chi connectivity index (χ0v) is 15.6. The molecule has 1 aliphatic heterocycles. The second-order valence-corrected chi connectivity index (χ2v) is 6.68. The number of terminal acetylenes is 1. The van der Waals surface area contributed by atoms with Crippen LogP contribution < -0.4 is 9.64 Å². The molecular weight excluding hydrogens is 316 g/mol. The smallest absolute Gasteiger partial charge is 0.125 e. The van der Waals surface area contributed by atoms with Crippen LogP contribution in [0.1, 0.15) is 20.3 Å². The van der Waals surface area contributed by atoms with Gasteiger partial charge in [-0.2, -0.15) is 0 Å². The fourth-order valence-corrected chi connectivity index (χ4v) is 2.86. The highest BCUT2D eigenvalue weighted by molar-refractivity contribution is 5.49. The van der Waals surface area contributed by atoms with Crippen LogP contribution in [0.25, 0.3) is 0 Å². The number of hydrogen-bond acceptors (Lipinski definition) is 5. The Kier molecular flexibility index (Phi) is 7.12. The van der Waals surface area contributed by atoms with Gasteiger partial charge < -0.3 is 19.5 Å². The Hall–Kier alpha value is -1.74. The maximum atomic E-state index is 10.2. The van der Waals surface area contributed by atoms with E-state index in [9.17, 15) is 5.11 Å². The molecule has 5 heteroatoms. The van der Waals surface area contributed by atoms with Crippen LogP contribution in [0.4, 0.5) is 5.69 Å². The molecule has 0 radical (unpaired) electrons. The first kappa shape index (κ1) is 19.6. The van der Waals surface area contributed by atoms with E-state index in [-0.39, 0.29) is 6.61 Å². The molecule has 1 heterocycles. The first-order valence-corrected chi connectivity index (χ1v) is 8.91. The number of aliphatic hydroxyl groups excluding tert-OH is 1. The molecule has 0 spiro atoms. The molecule has 1 aromatic carbocycles. The molecule has 1 fully saturated rings. The highest BCUT2D eigenvalue weighted by Gasteiger charge is 2.23. The van der Waals surface area contributed by atoms with Crippen molar-refractivity contribution in [3.05, 3.63) is 24.3 Å². The highest BCUT2D eigenvalue weighted by Crippen LogP contribution is 2.20. The Morgan fingerprint density at radius 3 is 2.40 bits per heavy atom. The van der Waals surface area contributed by atoms with Crippen LogP contribution in [0.3, 0.4) is 0 Å². The molecule has 25 heavy (non-hydrogen) atoms. The number of benzene rings is 1. The molecule has 2 rings (SSSR count). The number of nitrogens with zero attached hydrogens (tertiary/aromatic N) is 2. The van der Waals surface area contributed by atoms with Crippen LogP contribution in [0.2, 0.25) is 0 Å². The molecule has 1 N–H and O–H groups in total. The molecule has 0 amide bonds. The van der Waals surface area contributed by atoms with E-state index >= 15 is 0 Å². The van der Waals surface area contributed by atoms with Crippen LogP contribution in [0.5, 0.6) is 5.75 Å². The third-order valence-electron chi connectivity index (χ3n) is 4.85. The molecule has 1 aromatic rings. The van der Waals surface area contributed by atoms with Crippen molar-refractivity contribution in [2.45, 2.75) is 32.0 Å². The van der Waals surface area contributed by atoms with E-state index < -0.39 is 11.7 Å². The van der Waals surface area contributed by atoms with E-state index in [1.54, 1.807) is 7.11 Å². The van der Waals surface area contributed by atoms with Gasteiger partial charge in [0.2, 0.25) is 0 Å². The average Bonchev–Trinajstić information content (AvgIpc) is 2.67. The number of rotatable bonds is 8. The minimum atomic E-state index is -0.589. The molecule has 1 saturated heterocycles. The van der Waals surface area contributed by atoms with Gasteiger partial charge in [0.05, 0.1) is 19.8 Å². The first-order chi connectivity index (χ1) is 12.0. The first-order valence-electron chi connectivity index (χ1n) is 8.91. The molecule has 1 aliphatic rings. The fraction of sp³-hybridized carbons (Fsp3) is 0.600. The Morgan fingerprint density at radius 2 is 1.88 bits per heavy atom. The van der Waals surface area contributed by atoms with Gasteiger partial charge in [-0.1, -0.05) is 12.8 Å². The monoisotopic (exact) mass is 346 g/mol. The Balaban J connectivity index is 1.75. The van der Waals surface area contributed by atoms with Crippen molar-refractivity contribution in [3.63, 3.8) is 0 Å². The number of anilines is 1. The molecule has 0 saturated carbocycles. The van der Waals surface area contributed by atoms with Gasteiger partial charge in [0.25, 0.3) is 0 Å². The van der Waals surface area contributed by atoms with Crippen molar-refractivity contribution in [1.82, 2.24) is 4.90 Å². The van der Waals surface area contributed by atoms with Crippen molar-refractivity contribution in [1.29, 1.82) is 0 Å². The SMILES string of the molecule is C#C[C@](C)(CC)OC[C@@H](O)CN1CCN(c2ccc(OC)cc2)CC1. The van der Waals surface area contributed by atoms with Gasteiger partial charge in [-0.15, -0.1) is 6.42 Å². The fourth-order valence-electron chi connectivity index (χ4n) is 2.86. The van der Waals surface area contributed by atoms with Crippen LogP contribution in [0.15, 0.2) is 24.3 Å². The summed E-state index contributed by atoms with van der Waals surface area (Å²) in [5, 5.41) is 10.2. The molecule has 0 aromatic heterocycles. The van der Waals surface area contributed by atoms with E-state index in [2.05, 4.69) is 27.9 Å². The van der Waals surface area contributed by atoms with Crippen LogP contribution in [-0.2, 0) is 4.74 Å². The van der Waals surface area contributed by atoms with Crippen molar-refractivity contribution in [2.24, 2.45) is 0 Å². The zero-order valence-electron chi connectivity index (χ0n) is 15.6. The topological polar surface area (TPSA) is 45.2 Å². The van der Waals surface area contributed by atoms with Crippen molar-refractivity contribution >= 4 is 5.69 Å². The molecule has 0 unspecified atom stereocenters. The largest absolute Gasteiger partial charge is 0.497 e. The summed E-state index contributed by atoms with van der Waals surface area (Å²) in [5.41, 5.74) is 0.616. The van der Waals surface area contributed by atoms with Crippen LogP contribution in [0, 0.1) is 12.3 Å². The molecule has 2 atom stereocenters. The Morgan fingerprint density at radius 1 is 1.24 bits per heavy atom. The second-order valence-electron chi connectivity index (χ2n) is 6.68. The van der Waals surface area contributed by atoms with Gasteiger partial charge in [0.1, 0.15) is 11.4 Å². The highest BCUT2D eigenvalue weighted by atomic mass is 16.5. The lowest BCUT2D eigenvalue weighted by atomic mass is 10.1. The second kappa shape index (κ2) is 9.10. The van der Waals surface area contributed by atoms with Gasteiger partial charge in [0, 0.05) is 38.4 Å². The van der Waals surface area contributed by atoms with E-state index in [0.29, 0.717) is 6.54 Å². The van der Waals surface area contributed by atoms with Gasteiger partial charge in [0.15, 0.2) is 0 Å². The number of ether oxygens (including phenoxy) is 2. The molecule has 138 valence electrons. The molecule has 0 bridgehead atoms. The predicted octanol–water partition coefficient (Wildman–Crippen LogP) is 2.00. The summed E-state index contributed by atoms with van der Waals surface area (Å²) in [6.45, 7) is 8.48. The third-order valence-corrected chi connectivity index (χ3v) is 4.85. The maximum Gasteiger partial charge on any atom is 0.125 e. The number of β-amino-alcohol motifs (C(OH)–C–C–N with tert-alkyl or cyclic N) is 1. The quantitative estimate of drug-likeness (QED) is 0.730. The minimum absolute atomic E-state index is 0.271. The lowest BCUT2D eigenvalue weighted by Gasteiger charge is -2.37. The van der Waals surface area contributed by atoms with Crippen LogP contribution >= 0.6 is 0 Å². The standard InChI is InChI=1S/C20H30N2O3/c1-5-20(3,6-2)25-16-18(23)15-21-11-13-22(14-12-21)17-7-9-19(24-4)10-8-17/h1,7-10,18,23H,6,11-16H2,2-4H3/t18-,20+/m0/s1. The zero-order chi connectivity index (χ0) is 18.3. The maximum absolute atomic E-state index is 10.2. The third kappa shape index (κ3) is 5.64. The van der Waals surface area contributed by atoms with Gasteiger partial charge >= 0.3 is 0 Å². The van der Waals surface area contributed by atoms with E-state index in [4.69, 9.17) is 15.9 Å². The Labute approximate surface area is 151 Å². The van der Waals surface area contributed by atoms with Gasteiger partial charge in [-0.25, -0.2) is 0 Å². The molecule has 0 aliphatic carbocycles. The lowest BCUT2D eigenvalue weighted by Crippen LogP contribution is -2.49. The summed E-state index contributed by atoms with van der Waals surface area (Å²) in [6.07, 6.45) is 5.71. The summed E-state index contributed by atoms with van der Waals surface area (Å²) >= 11 is 0.